The van der Waals surface area contributed by atoms with Crippen LogP contribution in [0.3, 0.4) is 0 Å². The third-order valence-electron chi connectivity index (χ3n) is 3.19. The van der Waals surface area contributed by atoms with Crippen LogP contribution in [-0.2, 0) is 0 Å². The monoisotopic (exact) mass is 268 g/mol. The van der Waals surface area contributed by atoms with E-state index >= 15 is 0 Å². The molecule has 0 fully saturated rings. The van der Waals surface area contributed by atoms with Crippen molar-refractivity contribution in [1.82, 2.24) is 0 Å². The van der Waals surface area contributed by atoms with Crippen molar-refractivity contribution in [1.29, 1.82) is 0 Å². The second-order valence-corrected chi connectivity index (χ2v) is 4.91. The number of carbonyl (C=O) groups excluding carboxylic acids is 1. The molecule has 0 aliphatic carbocycles. The van der Waals surface area contributed by atoms with Gasteiger partial charge in [-0.15, -0.1) is 0 Å². The zero-order chi connectivity index (χ0) is 14.4. The van der Waals surface area contributed by atoms with Crippen LogP contribution in [0.15, 0.2) is 54.6 Å². The molecular formula is C18H20O2. The molecule has 0 aliphatic heterocycles. The van der Waals surface area contributed by atoms with E-state index in [-0.39, 0.29) is 11.9 Å². The molecule has 0 spiro atoms. The molecule has 104 valence electrons. The van der Waals surface area contributed by atoms with Crippen molar-refractivity contribution in [3.63, 3.8) is 0 Å². The molecule has 0 bridgehead atoms. The Hall–Kier alpha value is -2.09. The number of carbonyl (C=O) groups is 1. The Morgan fingerprint density at radius 1 is 1.05 bits per heavy atom. The molecule has 2 heteroatoms. The van der Waals surface area contributed by atoms with Crippen LogP contribution in [0, 0.1) is 0 Å². The fourth-order valence-corrected chi connectivity index (χ4v) is 2.18. The Labute approximate surface area is 120 Å². The third kappa shape index (κ3) is 3.47. The topological polar surface area (TPSA) is 26.3 Å². The fraction of sp³-hybridized carbons (Fsp3) is 0.278. The van der Waals surface area contributed by atoms with E-state index in [2.05, 4.69) is 6.92 Å². The predicted octanol–water partition coefficient (Wildman–Crippen LogP) is 4.49. The van der Waals surface area contributed by atoms with Crippen LogP contribution in [0.1, 0.15) is 42.6 Å². The van der Waals surface area contributed by atoms with Gasteiger partial charge in [0.2, 0.25) is 0 Å². The number of ketones is 1. The summed E-state index contributed by atoms with van der Waals surface area (Å²) in [5, 5.41) is 0. The summed E-state index contributed by atoms with van der Waals surface area (Å²) in [6.07, 6.45) is 2.16. The van der Waals surface area contributed by atoms with E-state index in [1.165, 1.54) is 0 Å². The standard InChI is InChI=1S/C18H20O2/c1-3-9-14(2)20-17-13-8-7-12-16(17)18(19)15-10-5-4-6-11-15/h4-8,10-14H,3,9H2,1-2H3. The van der Waals surface area contributed by atoms with E-state index in [4.69, 9.17) is 4.74 Å². The number of para-hydroxylation sites is 1. The molecule has 0 radical (unpaired) electrons. The van der Waals surface area contributed by atoms with E-state index in [0.717, 1.165) is 12.8 Å². The van der Waals surface area contributed by atoms with Gasteiger partial charge in [0.25, 0.3) is 0 Å². The normalized spacial score (nSPS) is 11.9. The molecule has 1 atom stereocenters. The summed E-state index contributed by atoms with van der Waals surface area (Å²) < 4.78 is 5.91. The molecule has 1 unspecified atom stereocenters. The summed E-state index contributed by atoms with van der Waals surface area (Å²) in [5.41, 5.74) is 1.31. The Kier molecular flexibility index (Phi) is 4.94. The Balaban J connectivity index is 2.26. The van der Waals surface area contributed by atoms with Gasteiger partial charge in [-0.1, -0.05) is 55.8 Å². The smallest absolute Gasteiger partial charge is 0.196 e. The van der Waals surface area contributed by atoms with Gasteiger partial charge in [0, 0.05) is 5.56 Å². The van der Waals surface area contributed by atoms with Crippen LogP contribution < -0.4 is 4.74 Å². The molecule has 2 aromatic carbocycles. The van der Waals surface area contributed by atoms with Crippen LogP contribution in [0.25, 0.3) is 0 Å². The molecule has 0 saturated carbocycles. The first kappa shape index (κ1) is 14.3. The lowest BCUT2D eigenvalue weighted by atomic mass is 10.0. The van der Waals surface area contributed by atoms with Gasteiger partial charge in [-0.3, -0.25) is 4.79 Å². The molecule has 2 rings (SSSR count). The van der Waals surface area contributed by atoms with Crippen LogP contribution in [0.5, 0.6) is 5.75 Å². The van der Waals surface area contributed by atoms with Crippen LogP contribution in [0.4, 0.5) is 0 Å². The van der Waals surface area contributed by atoms with Gasteiger partial charge in [0.15, 0.2) is 5.78 Å². The third-order valence-corrected chi connectivity index (χ3v) is 3.19. The molecular weight excluding hydrogens is 248 g/mol. The van der Waals surface area contributed by atoms with Gasteiger partial charge in [0.1, 0.15) is 5.75 Å². The number of benzene rings is 2. The van der Waals surface area contributed by atoms with E-state index < -0.39 is 0 Å². The number of ether oxygens (including phenoxy) is 1. The first-order chi connectivity index (χ1) is 9.72. The van der Waals surface area contributed by atoms with Crippen molar-refractivity contribution in [2.24, 2.45) is 0 Å². The number of rotatable bonds is 6. The zero-order valence-corrected chi connectivity index (χ0v) is 12.0. The molecule has 0 N–H and O–H groups in total. The molecule has 2 aromatic rings. The predicted molar refractivity (Wildman–Crippen MR) is 81.3 cm³/mol. The highest BCUT2D eigenvalue weighted by molar-refractivity contribution is 6.10. The Morgan fingerprint density at radius 2 is 1.70 bits per heavy atom. The lowest BCUT2D eigenvalue weighted by Gasteiger charge is -2.16. The number of hydrogen-bond donors (Lipinski definition) is 0. The van der Waals surface area contributed by atoms with Crippen LogP contribution >= 0.6 is 0 Å². The first-order valence-corrected chi connectivity index (χ1v) is 7.07. The second-order valence-electron chi connectivity index (χ2n) is 4.91. The Morgan fingerprint density at radius 3 is 2.40 bits per heavy atom. The summed E-state index contributed by atoms with van der Waals surface area (Å²) in [5.74, 6) is 0.673. The van der Waals surface area contributed by atoms with Crippen LogP contribution in [-0.4, -0.2) is 11.9 Å². The van der Waals surface area contributed by atoms with Gasteiger partial charge in [-0.2, -0.15) is 0 Å². The minimum absolute atomic E-state index is 0.00454. The van der Waals surface area contributed by atoms with Gasteiger partial charge in [-0.05, 0) is 25.5 Å². The quantitative estimate of drug-likeness (QED) is 0.722. The van der Waals surface area contributed by atoms with E-state index in [9.17, 15) is 4.79 Å². The van der Waals surface area contributed by atoms with Crippen LogP contribution in [0.2, 0.25) is 0 Å². The lowest BCUT2D eigenvalue weighted by Crippen LogP contribution is -2.14. The van der Waals surface area contributed by atoms with E-state index in [0.29, 0.717) is 16.9 Å². The first-order valence-electron chi connectivity index (χ1n) is 7.07. The Bertz CT molecular complexity index is 561. The summed E-state index contributed by atoms with van der Waals surface area (Å²) >= 11 is 0. The molecule has 0 aliphatic rings. The summed E-state index contributed by atoms with van der Waals surface area (Å²) in [6.45, 7) is 4.16. The van der Waals surface area contributed by atoms with Crippen molar-refractivity contribution in [3.05, 3.63) is 65.7 Å². The van der Waals surface area contributed by atoms with E-state index in [1.807, 2.05) is 61.5 Å². The number of hydrogen-bond acceptors (Lipinski definition) is 2. The van der Waals surface area contributed by atoms with Crippen molar-refractivity contribution in [3.8, 4) is 5.75 Å². The minimum Gasteiger partial charge on any atom is -0.490 e. The average Bonchev–Trinajstić information content (AvgIpc) is 2.48. The van der Waals surface area contributed by atoms with Gasteiger partial charge >= 0.3 is 0 Å². The maximum absolute atomic E-state index is 12.5. The molecule has 0 saturated heterocycles. The highest BCUT2D eigenvalue weighted by Gasteiger charge is 2.15. The van der Waals surface area contributed by atoms with Crippen molar-refractivity contribution in [2.45, 2.75) is 32.8 Å². The molecule has 2 nitrogen and oxygen atoms in total. The zero-order valence-electron chi connectivity index (χ0n) is 12.0. The molecule has 0 aromatic heterocycles. The van der Waals surface area contributed by atoms with Crippen molar-refractivity contribution < 1.29 is 9.53 Å². The van der Waals surface area contributed by atoms with E-state index in [1.54, 1.807) is 0 Å². The van der Waals surface area contributed by atoms with Gasteiger partial charge in [0.05, 0.1) is 11.7 Å². The SMILES string of the molecule is CCCC(C)Oc1ccccc1C(=O)c1ccccc1. The lowest BCUT2D eigenvalue weighted by molar-refractivity contribution is 0.103. The second kappa shape index (κ2) is 6.90. The highest BCUT2D eigenvalue weighted by Crippen LogP contribution is 2.23. The molecule has 0 heterocycles. The largest absolute Gasteiger partial charge is 0.490 e. The maximum atomic E-state index is 12.5. The van der Waals surface area contributed by atoms with Crippen molar-refractivity contribution in [2.75, 3.05) is 0 Å². The molecule has 0 amide bonds. The van der Waals surface area contributed by atoms with Gasteiger partial charge in [-0.25, -0.2) is 0 Å². The minimum atomic E-state index is 0.00454. The fourth-order valence-electron chi connectivity index (χ4n) is 2.18. The average molecular weight is 268 g/mol. The summed E-state index contributed by atoms with van der Waals surface area (Å²) in [4.78, 5) is 12.5. The molecule has 20 heavy (non-hydrogen) atoms. The summed E-state index contributed by atoms with van der Waals surface area (Å²) in [7, 11) is 0. The summed E-state index contributed by atoms with van der Waals surface area (Å²) in [6, 6.07) is 16.8. The van der Waals surface area contributed by atoms with Crippen molar-refractivity contribution >= 4 is 5.78 Å². The maximum Gasteiger partial charge on any atom is 0.196 e. The van der Waals surface area contributed by atoms with Gasteiger partial charge < -0.3 is 4.74 Å². The highest BCUT2D eigenvalue weighted by atomic mass is 16.5.